The van der Waals surface area contributed by atoms with E-state index in [4.69, 9.17) is 4.74 Å². The predicted molar refractivity (Wildman–Crippen MR) is 95.8 cm³/mol. The van der Waals surface area contributed by atoms with E-state index < -0.39 is 11.4 Å². The first-order valence-electron chi connectivity index (χ1n) is 10.4. The molecule has 0 N–H and O–H groups in total. The average Bonchev–Trinajstić information content (AvgIpc) is 2.72. The van der Waals surface area contributed by atoms with Crippen LogP contribution in [0.15, 0.2) is 0 Å². The van der Waals surface area contributed by atoms with Crippen molar-refractivity contribution in [2.75, 3.05) is 0 Å². The van der Waals surface area contributed by atoms with Crippen LogP contribution in [0.4, 0.5) is 0 Å². The van der Waals surface area contributed by atoms with Crippen LogP contribution in [0.5, 0.6) is 0 Å². The molecule has 0 aromatic rings. The Labute approximate surface area is 157 Å². The van der Waals surface area contributed by atoms with Gasteiger partial charge in [-0.05, 0) is 74.0 Å². The van der Waals surface area contributed by atoms with Crippen molar-refractivity contribution in [2.24, 2.45) is 33.5 Å². The van der Waals surface area contributed by atoms with Gasteiger partial charge >= 0.3 is 5.97 Å². The summed E-state index contributed by atoms with van der Waals surface area (Å²) in [5.74, 6) is -0.268. The lowest BCUT2D eigenvalue weighted by molar-refractivity contribution is -0.328. The van der Waals surface area contributed by atoms with Crippen molar-refractivity contribution in [3.63, 3.8) is 0 Å². The first-order valence-corrected chi connectivity index (χ1v) is 10.4. The second kappa shape index (κ2) is 5.48. The van der Waals surface area contributed by atoms with Gasteiger partial charge in [0.2, 0.25) is 0 Å². The smallest absolute Gasteiger partial charge is 0.302 e. The molecule has 4 saturated carbocycles. The molecular formula is C22H33O4-. The summed E-state index contributed by atoms with van der Waals surface area (Å²) in [5.41, 5.74) is -0.304. The molecule has 0 aromatic heterocycles. The maximum atomic E-state index is 12.0. The van der Waals surface area contributed by atoms with Crippen molar-refractivity contribution in [3.05, 3.63) is 0 Å². The molecule has 0 saturated heterocycles. The number of ether oxygens (including phenoxy) is 1. The monoisotopic (exact) mass is 361 g/mol. The zero-order valence-corrected chi connectivity index (χ0v) is 16.7. The number of hydrogen-bond donors (Lipinski definition) is 0. The molecule has 146 valence electrons. The Morgan fingerprint density at radius 1 is 1.00 bits per heavy atom. The van der Waals surface area contributed by atoms with Gasteiger partial charge in [0.1, 0.15) is 6.10 Å². The van der Waals surface area contributed by atoms with E-state index in [9.17, 15) is 14.7 Å². The molecule has 7 unspecified atom stereocenters. The van der Waals surface area contributed by atoms with E-state index in [1.807, 2.05) is 6.92 Å². The molecule has 2 bridgehead atoms. The highest BCUT2D eigenvalue weighted by atomic mass is 16.5. The lowest BCUT2D eigenvalue weighted by atomic mass is 9.40. The zero-order valence-electron chi connectivity index (χ0n) is 16.7. The van der Waals surface area contributed by atoms with Gasteiger partial charge in [-0.15, -0.1) is 0 Å². The number of carboxylic acids is 1. The number of carbonyl (C=O) groups is 2. The first kappa shape index (κ1) is 18.3. The first-order chi connectivity index (χ1) is 12.1. The normalized spacial score (nSPS) is 52.7. The molecule has 4 fully saturated rings. The molecule has 0 heterocycles. The zero-order chi connectivity index (χ0) is 19.0. The number of aliphatic carboxylic acids is 1. The Balaban J connectivity index is 1.69. The van der Waals surface area contributed by atoms with Crippen LogP contribution in [0, 0.1) is 33.5 Å². The Morgan fingerprint density at radius 2 is 1.69 bits per heavy atom. The number of esters is 1. The molecule has 1 spiro atoms. The average molecular weight is 362 g/mol. The second-order valence-electron chi connectivity index (χ2n) is 10.7. The van der Waals surface area contributed by atoms with Gasteiger partial charge < -0.3 is 14.6 Å². The molecule has 7 atom stereocenters. The topological polar surface area (TPSA) is 66.4 Å². The minimum Gasteiger partial charge on any atom is -0.550 e. The highest BCUT2D eigenvalue weighted by molar-refractivity contribution is 5.73. The standard InChI is InChI=1S/C22H34O4/c1-14(23)26-17-12-22-11-7-15-20(3,8-5-9-21(15,4)18(24)25)16(22)6-10-19(17,2)13-22/h15-17H,5-13H2,1-4H3,(H,24,25)/p-1. The van der Waals surface area contributed by atoms with Gasteiger partial charge in [0.05, 0.1) is 0 Å². The fourth-order valence-corrected chi connectivity index (χ4v) is 8.33. The predicted octanol–water partition coefficient (Wildman–Crippen LogP) is 3.47. The Morgan fingerprint density at radius 3 is 2.35 bits per heavy atom. The highest BCUT2D eigenvalue weighted by Gasteiger charge is 2.67. The number of carboxylic acid groups (broad SMARTS) is 1. The fourth-order valence-electron chi connectivity index (χ4n) is 8.33. The van der Waals surface area contributed by atoms with E-state index in [1.165, 1.54) is 6.92 Å². The number of rotatable bonds is 2. The fraction of sp³-hybridized carbons (Fsp3) is 0.909. The maximum Gasteiger partial charge on any atom is 0.302 e. The van der Waals surface area contributed by atoms with Crippen molar-refractivity contribution < 1.29 is 19.4 Å². The summed E-state index contributed by atoms with van der Waals surface area (Å²) in [4.78, 5) is 23.7. The van der Waals surface area contributed by atoms with E-state index in [2.05, 4.69) is 13.8 Å². The number of hydrogen-bond acceptors (Lipinski definition) is 4. The molecule has 4 aliphatic carbocycles. The SMILES string of the molecule is CC(=O)OC1CC23CCC4C(C)(C(=O)[O-])CCCC4(C)C2CCC1(C)C3. The Kier molecular flexibility index (Phi) is 3.86. The summed E-state index contributed by atoms with van der Waals surface area (Å²) in [6, 6.07) is 0. The third kappa shape index (κ3) is 2.26. The molecule has 4 nitrogen and oxygen atoms in total. The number of fused-ring (bicyclic) bond motifs is 3. The van der Waals surface area contributed by atoms with Crippen molar-refractivity contribution in [1.29, 1.82) is 0 Å². The lowest BCUT2D eigenvalue weighted by Crippen LogP contribution is -2.60. The molecule has 0 aliphatic heterocycles. The van der Waals surface area contributed by atoms with E-state index in [0.29, 0.717) is 5.92 Å². The summed E-state index contributed by atoms with van der Waals surface area (Å²) in [7, 11) is 0. The summed E-state index contributed by atoms with van der Waals surface area (Å²) in [6.07, 6.45) is 9.27. The van der Waals surface area contributed by atoms with Gasteiger partial charge in [-0.2, -0.15) is 0 Å². The van der Waals surface area contributed by atoms with Gasteiger partial charge in [-0.25, -0.2) is 0 Å². The van der Waals surface area contributed by atoms with Crippen LogP contribution in [0.3, 0.4) is 0 Å². The van der Waals surface area contributed by atoms with Crippen molar-refractivity contribution in [2.45, 2.75) is 91.6 Å². The largest absolute Gasteiger partial charge is 0.550 e. The third-order valence-corrected chi connectivity index (χ3v) is 9.35. The molecule has 0 aromatic carbocycles. The molecular weight excluding hydrogens is 328 g/mol. The van der Waals surface area contributed by atoms with Crippen LogP contribution in [0.1, 0.15) is 85.5 Å². The van der Waals surface area contributed by atoms with Gasteiger partial charge in [0.15, 0.2) is 0 Å². The summed E-state index contributed by atoms with van der Waals surface area (Å²) < 4.78 is 5.78. The van der Waals surface area contributed by atoms with E-state index >= 15 is 0 Å². The van der Waals surface area contributed by atoms with Gasteiger partial charge in [0.25, 0.3) is 0 Å². The molecule has 26 heavy (non-hydrogen) atoms. The van der Waals surface area contributed by atoms with Crippen molar-refractivity contribution >= 4 is 11.9 Å². The van der Waals surface area contributed by atoms with Crippen LogP contribution in [0.2, 0.25) is 0 Å². The summed E-state index contributed by atoms with van der Waals surface area (Å²) >= 11 is 0. The maximum absolute atomic E-state index is 12.0. The Hall–Kier alpha value is -1.06. The minimum absolute atomic E-state index is 0.0289. The quantitative estimate of drug-likeness (QED) is 0.706. The molecule has 4 heteroatoms. The van der Waals surface area contributed by atoms with Crippen LogP contribution in [-0.4, -0.2) is 18.0 Å². The summed E-state index contributed by atoms with van der Waals surface area (Å²) in [5, 5.41) is 12.0. The number of carbonyl (C=O) groups excluding carboxylic acids is 2. The van der Waals surface area contributed by atoms with Crippen LogP contribution in [-0.2, 0) is 14.3 Å². The minimum atomic E-state index is -0.853. The lowest BCUT2D eigenvalue weighted by Gasteiger charge is -2.65. The molecule has 0 amide bonds. The van der Waals surface area contributed by atoms with E-state index in [0.717, 1.165) is 57.8 Å². The summed E-state index contributed by atoms with van der Waals surface area (Å²) in [6.45, 7) is 8.12. The van der Waals surface area contributed by atoms with E-state index in [1.54, 1.807) is 0 Å². The van der Waals surface area contributed by atoms with Crippen molar-refractivity contribution in [1.82, 2.24) is 0 Å². The third-order valence-electron chi connectivity index (χ3n) is 9.35. The van der Waals surface area contributed by atoms with Gasteiger partial charge in [-0.3, -0.25) is 4.79 Å². The Bertz CT molecular complexity index is 644. The van der Waals surface area contributed by atoms with Crippen LogP contribution in [0.25, 0.3) is 0 Å². The van der Waals surface area contributed by atoms with Crippen LogP contribution < -0.4 is 5.11 Å². The van der Waals surface area contributed by atoms with Gasteiger partial charge in [0, 0.05) is 23.7 Å². The van der Waals surface area contributed by atoms with Gasteiger partial charge in [-0.1, -0.05) is 27.2 Å². The molecule has 0 radical (unpaired) electrons. The van der Waals surface area contributed by atoms with E-state index in [-0.39, 0.29) is 34.2 Å². The highest BCUT2D eigenvalue weighted by Crippen LogP contribution is 2.74. The van der Waals surface area contributed by atoms with Crippen molar-refractivity contribution in [3.8, 4) is 0 Å². The second-order valence-corrected chi connectivity index (χ2v) is 10.7. The van der Waals surface area contributed by atoms with Crippen LogP contribution >= 0.6 is 0 Å². The molecule has 4 aliphatic rings. The molecule has 4 rings (SSSR count).